The highest BCUT2D eigenvalue weighted by atomic mass is 16.5. The van der Waals surface area contributed by atoms with E-state index in [0.29, 0.717) is 12.0 Å². The Labute approximate surface area is 121 Å². The molecule has 3 nitrogen and oxygen atoms in total. The van der Waals surface area contributed by atoms with Crippen molar-refractivity contribution < 1.29 is 9.47 Å². The summed E-state index contributed by atoms with van der Waals surface area (Å²) in [4.78, 5) is 0. The van der Waals surface area contributed by atoms with Crippen molar-refractivity contribution in [2.24, 2.45) is 5.92 Å². The van der Waals surface area contributed by atoms with Crippen molar-refractivity contribution in [2.45, 2.75) is 50.9 Å². The number of nitrogens with one attached hydrogen (secondary N) is 1. The molecule has 2 unspecified atom stereocenters. The number of hydrogen-bond acceptors (Lipinski definition) is 3. The second-order valence-corrected chi connectivity index (χ2v) is 5.96. The van der Waals surface area contributed by atoms with Gasteiger partial charge in [-0.05, 0) is 55.8 Å². The molecule has 3 rings (SSSR count). The molecule has 0 heterocycles. The lowest BCUT2D eigenvalue weighted by atomic mass is 9.97. The first kappa shape index (κ1) is 13.9. The number of ether oxygens (including phenoxy) is 2. The van der Waals surface area contributed by atoms with E-state index in [-0.39, 0.29) is 12.1 Å². The zero-order valence-corrected chi connectivity index (χ0v) is 12.5. The molecule has 2 fully saturated rings. The smallest absolute Gasteiger partial charge is 0.120 e. The summed E-state index contributed by atoms with van der Waals surface area (Å²) in [5.74, 6) is 1.70. The Morgan fingerprint density at radius 3 is 2.65 bits per heavy atom. The molecule has 110 valence electrons. The Morgan fingerprint density at radius 1 is 1.25 bits per heavy atom. The molecule has 0 radical (unpaired) electrons. The van der Waals surface area contributed by atoms with Crippen LogP contribution in [0.15, 0.2) is 24.3 Å². The van der Waals surface area contributed by atoms with Crippen LogP contribution < -0.4 is 10.1 Å². The van der Waals surface area contributed by atoms with Gasteiger partial charge in [0.25, 0.3) is 0 Å². The van der Waals surface area contributed by atoms with E-state index < -0.39 is 0 Å². The van der Waals surface area contributed by atoms with Crippen LogP contribution in [-0.2, 0) is 4.74 Å². The summed E-state index contributed by atoms with van der Waals surface area (Å²) in [6.45, 7) is 3.10. The number of hydrogen-bond donors (Lipinski definition) is 1. The molecule has 0 aromatic heterocycles. The second kappa shape index (κ2) is 6.15. The van der Waals surface area contributed by atoms with Crippen LogP contribution in [0.5, 0.6) is 5.75 Å². The Bertz CT molecular complexity index is 440. The molecule has 0 amide bonds. The van der Waals surface area contributed by atoms with Crippen molar-refractivity contribution in [3.8, 4) is 5.75 Å². The third kappa shape index (κ3) is 3.33. The van der Waals surface area contributed by atoms with Gasteiger partial charge in [0.2, 0.25) is 0 Å². The predicted molar refractivity (Wildman–Crippen MR) is 80.0 cm³/mol. The summed E-state index contributed by atoms with van der Waals surface area (Å²) in [6.07, 6.45) is 5.69. The molecule has 2 aliphatic rings. The monoisotopic (exact) mass is 275 g/mol. The van der Waals surface area contributed by atoms with Gasteiger partial charge in [-0.15, -0.1) is 0 Å². The van der Waals surface area contributed by atoms with E-state index in [1.165, 1.54) is 31.2 Å². The van der Waals surface area contributed by atoms with Crippen LogP contribution in [0.3, 0.4) is 0 Å². The summed E-state index contributed by atoms with van der Waals surface area (Å²) in [6, 6.07) is 8.78. The van der Waals surface area contributed by atoms with E-state index in [2.05, 4.69) is 36.5 Å². The minimum Gasteiger partial charge on any atom is -0.490 e. The van der Waals surface area contributed by atoms with E-state index in [1.807, 2.05) is 7.11 Å². The molecule has 1 aromatic carbocycles. The quantitative estimate of drug-likeness (QED) is 0.789. The van der Waals surface area contributed by atoms with Crippen molar-refractivity contribution in [1.82, 2.24) is 5.32 Å². The summed E-state index contributed by atoms with van der Waals surface area (Å²) in [7, 11) is 1.83. The van der Waals surface area contributed by atoms with Gasteiger partial charge in [-0.1, -0.05) is 19.1 Å². The first-order chi connectivity index (χ1) is 9.81. The van der Waals surface area contributed by atoms with Gasteiger partial charge in [0.1, 0.15) is 5.75 Å². The van der Waals surface area contributed by atoms with Crippen LogP contribution in [0.4, 0.5) is 0 Å². The molecule has 0 saturated heterocycles. The van der Waals surface area contributed by atoms with Crippen molar-refractivity contribution in [3.63, 3.8) is 0 Å². The Kier molecular flexibility index (Phi) is 4.27. The maximum atomic E-state index is 5.92. The molecule has 3 heteroatoms. The highest BCUT2D eigenvalue weighted by Crippen LogP contribution is 2.40. The molecule has 0 spiro atoms. The van der Waals surface area contributed by atoms with Gasteiger partial charge in [-0.3, -0.25) is 0 Å². The molecule has 0 aliphatic heterocycles. The fraction of sp³-hybridized carbons (Fsp3) is 0.647. The maximum absolute atomic E-state index is 5.92. The first-order valence-corrected chi connectivity index (χ1v) is 7.84. The highest BCUT2D eigenvalue weighted by molar-refractivity contribution is 5.32. The third-order valence-electron chi connectivity index (χ3n) is 4.16. The molecule has 20 heavy (non-hydrogen) atoms. The van der Waals surface area contributed by atoms with Crippen molar-refractivity contribution in [3.05, 3.63) is 29.8 Å². The van der Waals surface area contributed by atoms with E-state index >= 15 is 0 Å². The molecule has 2 aliphatic carbocycles. The second-order valence-electron chi connectivity index (χ2n) is 5.96. The van der Waals surface area contributed by atoms with Crippen LogP contribution in [0.2, 0.25) is 0 Å². The first-order valence-electron chi connectivity index (χ1n) is 7.84. The normalized spacial score (nSPS) is 21.5. The molecule has 2 saturated carbocycles. The number of methoxy groups -OCH3 is 1. The van der Waals surface area contributed by atoms with E-state index in [9.17, 15) is 0 Å². The minimum absolute atomic E-state index is 0.264. The van der Waals surface area contributed by atoms with E-state index in [0.717, 1.165) is 12.3 Å². The van der Waals surface area contributed by atoms with Gasteiger partial charge in [0, 0.05) is 7.11 Å². The number of rotatable bonds is 8. The SMILES string of the molecule is CCNC(c1cccc(OC2CC2)c1)C(OC)C1CC1. The minimum atomic E-state index is 0.264. The Balaban J connectivity index is 1.77. The molecule has 0 bridgehead atoms. The highest BCUT2D eigenvalue weighted by Gasteiger charge is 2.37. The van der Waals surface area contributed by atoms with Crippen LogP contribution in [0.25, 0.3) is 0 Å². The lowest BCUT2D eigenvalue weighted by molar-refractivity contribution is 0.0511. The molecular weight excluding hydrogens is 250 g/mol. The van der Waals surface area contributed by atoms with Crippen LogP contribution >= 0.6 is 0 Å². The standard InChI is InChI=1S/C17H25NO2/c1-3-18-16(17(19-2)12-7-8-12)13-5-4-6-15(11-13)20-14-9-10-14/h4-6,11-12,14,16-18H,3,7-10H2,1-2H3. The molecule has 1 N–H and O–H groups in total. The fourth-order valence-electron chi connectivity index (χ4n) is 2.83. The van der Waals surface area contributed by atoms with Crippen molar-refractivity contribution >= 4 is 0 Å². The Hall–Kier alpha value is -1.06. The topological polar surface area (TPSA) is 30.5 Å². The van der Waals surface area contributed by atoms with E-state index in [1.54, 1.807) is 0 Å². The van der Waals surface area contributed by atoms with Gasteiger partial charge in [0.05, 0.1) is 18.2 Å². The largest absolute Gasteiger partial charge is 0.490 e. The maximum Gasteiger partial charge on any atom is 0.120 e. The van der Waals surface area contributed by atoms with Gasteiger partial charge in [-0.2, -0.15) is 0 Å². The lowest BCUT2D eigenvalue weighted by Gasteiger charge is -2.27. The van der Waals surface area contributed by atoms with Gasteiger partial charge in [0.15, 0.2) is 0 Å². The van der Waals surface area contributed by atoms with Gasteiger partial charge >= 0.3 is 0 Å². The van der Waals surface area contributed by atoms with E-state index in [4.69, 9.17) is 9.47 Å². The molecule has 2 atom stereocenters. The number of benzene rings is 1. The van der Waals surface area contributed by atoms with Crippen LogP contribution in [-0.4, -0.2) is 25.9 Å². The van der Waals surface area contributed by atoms with Crippen LogP contribution in [0.1, 0.15) is 44.2 Å². The lowest BCUT2D eigenvalue weighted by Crippen LogP contribution is -2.34. The number of likely N-dealkylation sites (N-methyl/N-ethyl adjacent to an activating group) is 1. The average molecular weight is 275 g/mol. The molecular formula is C17H25NO2. The zero-order chi connectivity index (χ0) is 13.9. The zero-order valence-electron chi connectivity index (χ0n) is 12.5. The predicted octanol–water partition coefficient (Wildman–Crippen LogP) is 3.30. The Morgan fingerprint density at radius 2 is 2.05 bits per heavy atom. The summed E-state index contributed by atoms with van der Waals surface area (Å²) < 4.78 is 11.7. The molecule has 1 aromatic rings. The van der Waals surface area contributed by atoms with Crippen molar-refractivity contribution in [2.75, 3.05) is 13.7 Å². The van der Waals surface area contributed by atoms with Crippen LogP contribution in [0, 0.1) is 5.92 Å². The average Bonchev–Trinajstić information content (AvgIpc) is 3.33. The van der Waals surface area contributed by atoms with Crippen molar-refractivity contribution in [1.29, 1.82) is 0 Å². The third-order valence-corrected chi connectivity index (χ3v) is 4.16. The fourth-order valence-corrected chi connectivity index (χ4v) is 2.83. The summed E-state index contributed by atoms with van der Waals surface area (Å²) in [5.41, 5.74) is 1.28. The van der Waals surface area contributed by atoms with Gasteiger partial charge < -0.3 is 14.8 Å². The van der Waals surface area contributed by atoms with Gasteiger partial charge in [-0.25, -0.2) is 0 Å². The summed E-state index contributed by atoms with van der Waals surface area (Å²) >= 11 is 0. The summed E-state index contributed by atoms with van der Waals surface area (Å²) in [5, 5.41) is 3.59.